The first-order chi connectivity index (χ1) is 14.3. The number of thiophene rings is 1. The third-order valence-corrected chi connectivity index (χ3v) is 6.30. The van der Waals surface area contributed by atoms with E-state index in [4.69, 9.17) is 23.2 Å². The van der Waals surface area contributed by atoms with Gasteiger partial charge in [0, 0.05) is 14.9 Å². The number of rotatable bonds is 4. The van der Waals surface area contributed by atoms with Crippen molar-refractivity contribution in [3.63, 3.8) is 0 Å². The van der Waals surface area contributed by atoms with Gasteiger partial charge in [0.2, 0.25) is 0 Å². The highest BCUT2D eigenvalue weighted by molar-refractivity contribution is 7.17. The number of nitrogens with one attached hydrogen (secondary N) is 2. The first kappa shape index (κ1) is 20.4. The first-order valence-corrected chi connectivity index (χ1v) is 10.4. The van der Waals surface area contributed by atoms with Crippen LogP contribution in [0.2, 0.25) is 10.0 Å². The molecule has 2 heterocycles. The van der Waals surface area contributed by atoms with Crippen molar-refractivity contribution < 1.29 is 14.4 Å². The third-order valence-electron chi connectivity index (χ3n) is 4.73. The summed E-state index contributed by atoms with van der Waals surface area (Å²) >= 11 is 13.3. The number of carbonyl (C=O) groups excluding carboxylic acids is 3. The first-order valence-electron chi connectivity index (χ1n) is 8.87. The average molecular weight is 460 g/mol. The maximum absolute atomic E-state index is 12.9. The van der Waals surface area contributed by atoms with Crippen molar-refractivity contribution in [3.8, 4) is 10.4 Å². The summed E-state index contributed by atoms with van der Waals surface area (Å²) in [5, 5.41) is 4.32. The number of benzene rings is 2. The second-order valence-corrected chi connectivity index (χ2v) is 8.78. The molecule has 2 N–H and O–H groups in total. The van der Waals surface area contributed by atoms with Gasteiger partial charge in [-0.2, -0.15) is 5.01 Å². The summed E-state index contributed by atoms with van der Waals surface area (Å²) < 4.78 is 0. The Morgan fingerprint density at radius 2 is 1.70 bits per heavy atom. The van der Waals surface area contributed by atoms with Crippen LogP contribution < -0.4 is 10.7 Å². The number of hydrogen-bond acceptors (Lipinski definition) is 4. The highest BCUT2D eigenvalue weighted by Gasteiger charge is 2.50. The molecule has 1 aliphatic heterocycles. The van der Waals surface area contributed by atoms with Crippen LogP contribution in [0.5, 0.6) is 0 Å². The van der Waals surface area contributed by atoms with Crippen LogP contribution in [0.1, 0.15) is 22.2 Å². The van der Waals surface area contributed by atoms with Gasteiger partial charge in [-0.05, 0) is 48.4 Å². The molecule has 1 aliphatic rings. The number of hydrogen-bond donors (Lipinski definition) is 2. The Bertz CT molecular complexity index is 1150. The standard InChI is InChI=1S/C21H15Cl2N3O3S/c1-21(13-5-3-2-4-6-13)19(28)26(20(29)24-21)25-18(27)17-8-7-16(30-17)12-9-14(22)11-15(23)10-12/h2-11H,1H3,(H,24,29)(H,25,27). The van der Waals surface area contributed by atoms with Gasteiger partial charge in [-0.25, -0.2) is 4.79 Å². The maximum atomic E-state index is 12.9. The number of halogens is 2. The predicted molar refractivity (Wildman–Crippen MR) is 116 cm³/mol. The molecule has 4 amide bonds. The summed E-state index contributed by atoms with van der Waals surface area (Å²) in [6.45, 7) is 1.60. The van der Waals surface area contributed by atoms with Gasteiger partial charge in [0.25, 0.3) is 11.8 Å². The average Bonchev–Trinajstić information content (AvgIpc) is 3.28. The molecule has 0 radical (unpaired) electrons. The Hall–Kier alpha value is -2.87. The minimum absolute atomic E-state index is 0.329. The lowest BCUT2D eigenvalue weighted by atomic mass is 9.92. The van der Waals surface area contributed by atoms with Crippen molar-refractivity contribution in [2.45, 2.75) is 12.5 Å². The fourth-order valence-electron chi connectivity index (χ4n) is 3.18. The Morgan fingerprint density at radius 3 is 2.37 bits per heavy atom. The second kappa shape index (κ2) is 7.75. The van der Waals surface area contributed by atoms with Crippen molar-refractivity contribution in [2.24, 2.45) is 0 Å². The van der Waals surface area contributed by atoms with E-state index in [1.807, 2.05) is 6.07 Å². The predicted octanol–water partition coefficient (Wildman–Crippen LogP) is 4.83. The molecule has 0 aliphatic carbocycles. The van der Waals surface area contributed by atoms with Crippen LogP contribution in [-0.4, -0.2) is 22.9 Å². The zero-order chi connectivity index (χ0) is 21.5. The lowest BCUT2D eigenvalue weighted by molar-refractivity contribution is -0.132. The number of imide groups is 1. The molecule has 0 saturated carbocycles. The van der Waals surface area contributed by atoms with Crippen LogP contribution >= 0.6 is 34.5 Å². The summed E-state index contributed by atoms with van der Waals surface area (Å²) in [5.74, 6) is -1.13. The van der Waals surface area contributed by atoms with Gasteiger partial charge >= 0.3 is 6.03 Å². The van der Waals surface area contributed by atoms with E-state index in [1.165, 1.54) is 11.3 Å². The summed E-state index contributed by atoms with van der Waals surface area (Å²) in [4.78, 5) is 39.1. The summed E-state index contributed by atoms with van der Waals surface area (Å²) in [5.41, 5.74) is 2.53. The molecule has 152 valence electrons. The molecular weight excluding hydrogens is 445 g/mol. The maximum Gasteiger partial charge on any atom is 0.344 e. The fraction of sp³-hybridized carbons (Fsp3) is 0.0952. The largest absolute Gasteiger partial charge is 0.344 e. The van der Waals surface area contributed by atoms with Crippen LogP contribution in [0.3, 0.4) is 0 Å². The number of amides is 4. The lowest BCUT2D eigenvalue weighted by Crippen LogP contribution is -2.47. The number of nitrogens with zero attached hydrogens (tertiary/aromatic N) is 1. The van der Waals surface area contributed by atoms with Gasteiger partial charge < -0.3 is 5.32 Å². The van der Waals surface area contributed by atoms with Crippen molar-refractivity contribution in [1.82, 2.24) is 15.8 Å². The number of carbonyl (C=O) groups is 3. The molecule has 1 saturated heterocycles. The summed E-state index contributed by atoms with van der Waals surface area (Å²) in [7, 11) is 0. The molecule has 9 heteroatoms. The Labute approximate surface area is 186 Å². The van der Waals surface area contributed by atoms with Gasteiger partial charge in [0.15, 0.2) is 0 Å². The molecule has 1 fully saturated rings. The van der Waals surface area contributed by atoms with Crippen LogP contribution in [0, 0.1) is 0 Å². The van der Waals surface area contributed by atoms with E-state index in [0.29, 0.717) is 25.5 Å². The highest BCUT2D eigenvalue weighted by atomic mass is 35.5. The molecule has 6 nitrogen and oxygen atoms in total. The van der Waals surface area contributed by atoms with Crippen molar-refractivity contribution >= 4 is 52.4 Å². The van der Waals surface area contributed by atoms with E-state index in [9.17, 15) is 14.4 Å². The van der Waals surface area contributed by atoms with Crippen LogP contribution in [0.25, 0.3) is 10.4 Å². The molecule has 3 aromatic rings. The van der Waals surface area contributed by atoms with Crippen molar-refractivity contribution in [2.75, 3.05) is 0 Å². The molecule has 30 heavy (non-hydrogen) atoms. The van der Waals surface area contributed by atoms with E-state index in [0.717, 1.165) is 10.4 Å². The van der Waals surface area contributed by atoms with Crippen molar-refractivity contribution in [3.05, 3.63) is 81.1 Å². The van der Waals surface area contributed by atoms with Crippen molar-refractivity contribution in [1.29, 1.82) is 0 Å². The quantitative estimate of drug-likeness (QED) is 0.548. The van der Waals surface area contributed by atoms with Crippen LogP contribution in [-0.2, 0) is 10.3 Å². The van der Waals surface area contributed by atoms with E-state index in [-0.39, 0.29) is 0 Å². The van der Waals surface area contributed by atoms with Gasteiger partial charge in [0.05, 0.1) is 4.88 Å². The van der Waals surface area contributed by atoms with E-state index in [1.54, 1.807) is 61.5 Å². The summed E-state index contributed by atoms with van der Waals surface area (Å²) in [6, 6.07) is 16.6. The summed E-state index contributed by atoms with van der Waals surface area (Å²) in [6.07, 6.45) is 0. The zero-order valence-electron chi connectivity index (χ0n) is 15.6. The molecule has 1 atom stereocenters. The Balaban J connectivity index is 1.54. The van der Waals surface area contributed by atoms with Gasteiger partial charge in [-0.3, -0.25) is 15.0 Å². The van der Waals surface area contributed by atoms with Crippen LogP contribution in [0.4, 0.5) is 4.79 Å². The van der Waals surface area contributed by atoms with Gasteiger partial charge in [-0.1, -0.05) is 53.5 Å². The Morgan fingerprint density at radius 1 is 1.03 bits per heavy atom. The molecule has 1 aromatic heterocycles. The molecule has 4 rings (SSSR count). The van der Waals surface area contributed by atoms with E-state index < -0.39 is 23.4 Å². The second-order valence-electron chi connectivity index (χ2n) is 6.82. The number of urea groups is 1. The molecule has 0 bridgehead atoms. The zero-order valence-corrected chi connectivity index (χ0v) is 17.9. The lowest BCUT2D eigenvalue weighted by Gasteiger charge is -2.21. The topological polar surface area (TPSA) is 78.5 Å². The minimum atomic E-state index is -1.26. The van der Waals surface area contributed by atoms with E-state index >= 15 is 0 Å². The fourth-order valence-corrected chi connectivity index (χ4v) is 4.58. The van der Waals surface area contributed by atoms with Gasteiger partial charge in [-0.15, -0.1) is 11.3 Å². The molecule has 2 aromatic carbocycles. The Kier molecular flexibility index (Phi) is 5.27. The minimum Gasteiger partial charge on any atom is -0.318 e. The van der Waals surface area contributed by atoms with Gasteiger partial charge in [0.1, 0.15) is 5.54 Å². The molecule has 0 spiro atoms. The normalized spacial score (nSPS) is 18.4. The van der Waals surface area contributed by atoms with Crippen LogP contribution in [0.15, 0.2) is 60.7 Å². The third kappa shape index (κ3) is 3.67. The smallest absolute Gasteiger partial charge is 0.318 e. The number of hydrazine groups is 1. The monoisotopic (exact) mass is 459 g/mol. The highest BCUT2D eigenvalue weighted by Crippen LogP contribution is 2.33. The van der Waals surface area contributed by atoms with E-state index in [2.05, 4.69) is 10.7 Å². The SMILES string of the molecule is CC1(c2ccccc2)NC(=O)N(NC(=O)c2ccc(-c3cc(Cl)cc(Cl)c3)s2)C1=O. The molecule has 1 unspecified atom stereocenters. The molecular formula is C21H15Cl2N3O3S.